The van der Waals surface area contributed by atoms with Gasteiger partial charge in [0.1, 0.15) is 12.2 Å². The lowest BCUT2D eigenvalue weighted by molar-refractivity contribution is -0.226. The highest BCUT2D eigenvalue weighted by molar-refractivity contribution is 5.26. The second-order valence-electron chi connectivity index (χ2n) is 6.65. The van der Waals surface area contributed by atoms with Gasteiger partial charge in [0, 0.05) is 25.1 Å². The molecular formula is C17H20N2O6. The number of aliphatic hydroxyl groups is 1. The zero-order valence-electron chi connectivity index (χ0n) is 13.9. The number of hydrogen-bond acceptors (Lipinski definition) is 6. The van der Waals surface area contributed by atoms with Gasteiger partial charge in [0.05, 0.1) is 6.61 Å². The van der Waals surface area contributed by atoms with E-state index in [0.29, 0.717) is 0 Å². The molecule has 1 spiro atoms. The summed E-state index contributed by atoms with van der Waals surface area (Å²) in [6.45, 7) is 1.39. The number of rotatable bonds is 2. The van der Waals surface area contributed by atoms with Crippen LogP contribution < -0.4 is 11.2 Å². The van der Waals surface area contributed by atoms with Crippen LogP contribution in [-0.2, 0) is 14.2 Å². The van der Waals surface area contributed by atoms with Crippen molar-refractivity contribution in [3.05, 3.63) is 33.1 Å². The van der Waals surface area contributed by atoms with Crippen molar-refractivity contribution in [2.75, 3.05) is 6.61 Å². The van der Waals surface area contributed by atoms with Gasteiger partial charge in [0.25, 0.3) is 5.56 Å². The maximum Gasteiger partial charge on any atom is 0.330 e. The summed E-state index contributed by atoms with van der Waals surface area (Å²) in [7, 11) is 0. The van der Waals surface area contributed by atoms with E-state index in [-0.39, 0.29) is 6.61 Å². The first-order valence-corrected chi connectivity index (χ1v) is 8.43. The van der Waals surface area contributed by atoms with E-state index in [1.807, 2.05) is 0 Å². The molecular weight excluding hydrogens is 328 g/mol. The first-order valence-electron chi connectivity index (χ1n) is 8.43. The summed E-state index contributed by atoms with van der Waals surface area (Å²) in [4.78, 5) is 25.9. The summed E-state index contributed by atoms with van der Waals surface area (Å²) < 4.78 is 19.7. The number of ether oxygens (including phenoxy) is 3. The molecule has 2 saturated heterocycles. The highest BCUT2D eigenvalue weighted by Gasteiger charge is 2.68. The number of hydrogen-bond donors (Lipinski definition) is 2. The van der Waals surface area contributed by atoms with E-state index in [4.69, 9.17) is 14.2 Å². The van der Waals surface area contributed by atoms with Gasteiger partial charge in [-0.3, -0.25) is 14.3 Å². The Morgan fingerprint density at radius 2 is 2.16 bits per heavy atom. The van der Waals surface area contributed by atoms with E-state index in [1.165, 1.54) is 16.8 Å². The standard InChI is InChI=1S/C17H20N2O6/c1-2-6-17-13(24-16(25-17)7-3-4-8-16)11(10-20)23-14(17)19-9-5-12(21)18-15(19)22/h5,9,11,13-14,20H,3-4,7-8,10H2,1H3,(H,18,21,22)/t11-,13-,14-,17-/m1/s1. The third-order valence-electron chi connectivity index (χ3n) is 5.10. The van der Waals surface area contributed by atoms with Crippen LogP contribution in [-0.4, -0.2) is 44.9 Å². The van der Waals surface area contributed by atoms with Gasteiger partial charge in [-0.15, -0.1) is 5.92 Å². The number of aromatic amines is 1. The van der Waals surface area contributed by atoms with Crippen molar-refractivity contribution in [1.82, 2.24) is 9.55 Å². The van der Waals surface area contributed by atoms with Crippen molar-refractivity contribution in [2.24, 2.45) is 0 Å². The number of fused-ring (bicyclic) bond motifs is 1. The Hall–Kier alpha value is -1.92. The first-order chi connectivity index (χ1) is 12.0. The fraction of sp³-hybridized carbons (Fsp3) is 0.647. The topological polar surface area (TPSA) is 103 Å². The maximum absolute atomic E-state index is 12.3. The molecule has 0 radical (unpaired) electrons. The van der Waals surface area contributed by atoms with Crippen LogP contribution in [0.25, 0.3) is 0 Å². The lowest BCUT2D eigenvalue weighted by Gasteiger charge is -2.30. The molecule has 2 aliphatic heterocycles. The molecule has 3 fully saturated rings. The monoisotopic (exact) mass is 348 g/mol. The highest BCUT2D eigenvalue weighted by Crippen LogP contribution is 2.54. The molecule has 25 heavy (non-hydrogen) atoms. The van der Waals surface area contributed by atoms with Crippen molar-refractivity contribution in [3.8, 4) is 11.8 Å². The van der Waals surface area contributed by atoms with Crippen LogP contribution in [0.4, 0.5) is 0 Å². The number of nitrogens with zero attached hydrogens (tertiary/aromatic N) is 1. The average Bonchev–Trinajstić information content (AvgIpc) is 3.22. The minimum atomic E-state index is -1.21. The van der Waals surface area contributed by atoms with E-state index < -0.39 is 41.1 Å². The Bertz CT molecular complexity index is 843. The summed E-state index contributed by atoms with van der Waals surface area (Å²) in [6.07, 6.45) is 2.57. The van der Waals surface area contributed by atoms with Crippen molar-refractivity contribution < 1.29 is 19.3 Å². The molecule has 0 unspecified atom stereocenters. The smallest absolute Gasteiger partial charge is 0.330 e. The number of aliphatic hydroxyl groups excluding tert-OH is 1. The van der Waals surface area contributed by atoms with Gasteiger partial charge in [-0.25, -0.2) is 4.79 Å². The van der Waals surface area contributed by atoms with Crippen LogP contribution in [0.5, 0.6) is 0 Å². The van der Waals surface area contributed by atoms with Gasteiger partial charge in [0.15, 0.2) is 12.0 Å². The SMILES string of the molecule is CC#C[C@@]12OC3(CCCC3)O[C@@H]1[C@@H](CO)O[C@H]2n1ccc(=O)[nH]c1=O. The van der Waals surface area contributed by atoms with Crippen LogP contribution >= 0.6 is 0 Å². The van der Waals surface area contributed by atoms with Gasteiger partial charge >= 0.3 is 5.69 Å². The zero-order chi connectivity index (χ0) is 17.7. The maximum atomic E-state index is 12.3. The number of nitrogens with one attached hydrogen (secondary N) is 1. The van der Waals surface area contributed by atoms with Gasteiger partial charge in [-0.1, -0.05) is 5.92 Å². The largest absolute Gasteiger partial charge is 0.394 e. The Labute approximate surface area is 143 Å². The van der Waals surface area contributed by atoms with Crippen LogP contribution in [0.2, 0.25) is 0 Å². The molecule has 0 aromatic carbocycles. The van der Waals surface area contributed by atoms with Crippen LogP contribution in [0.15, 0.2) is 21.9 Å². The molecule has 8 nitrogen and oxygen atoms in total. The summed E-state index contributed by atoms with van der Waals surface area (Å²) in [5.74, 6) is 5.14. The first kappa shape index (κ1) is 16.5. The lowest BCUT2D eigenvalue weighted by atomic mass is 9.94. The highest BCUT2D eigenvalue weighted by atomic mass is 16.8. The van der Waals surface area contributed by atoms with Crippen LogP contribution in [0.1, 0.15) is 38.8 Å². The van der Waals surface area contributed by atoms with Crippen molar-refractivity contribution in [2.45, 2.75) is 62.4 Å². The molecule has 1 aromatic rings. The third kappa shape index (κ3) is 2.39. The third-order valence-corrected chi connectivity index (χ3v) is 5.10. The van der Waals surface area contributed by atoms with Gasteiger partial charge < -0.3 is 19.3 Å². The van der Waals surface area contributed by atoms with Crippen molar-refractivity contribution in [1.29, 1.82) is 0 Å². The summed E-state index contributed by atoms with van der Waals surface area (Å²) in [5.41, 5.74) is -2.33. The summed E-state index contributed by atoms with van der Waals surface area (Å²) in [5, 5.41) is 9.75. The fourth-order valence-corrected chi connectivity index (χ4v) is 4.10. The molecule has 4 rings (SSSR count). The molecule has 3 aliphatic rings. The molecule has 1 aromatic heterocycles. The predicted molar refractivity (Wildman–Crippen MR) is 85.7 cm³/mol. The quantitative estimate of drug-likeness (QED) is 0.722. The Morgan fingerprint density at radius 3 is 2.80 bits per heavy atom. The predicted octanol–water partition coefficient (Wildman–Crippen LogP) is -0.126. The van der Waals surface area contributed by atoms with E-state index in [0.717, 1.165) is 25.7 Å². The fourth-order valence-electron chi connectivity index (χ4n) is 4.10. The average molecular weight is 348 g/mol. The Morgan fingerprint density at radius 1 is 1.40 bits per heavy atom. The second kappa shape index (κ2) is 5.81. The van der Waals surface area contributed by atoms with Crippen molar-refractivity contribution in [3.63, 3.8) is 0 Å². The lowest BCUT2D eigenvalue weighted by Crippen LogP contribution is -2.47. The van der Waals surface area contributed by atoms with E-state index in [9.17, 15) is 14.7 Å². The molecule has 0 amide bonds. The van der Waals surface area contributed by atoms with Crippen LogP contribution in [0.3, 0.4) is 0 Å². The van der Waals surface area contributed by atoms with E-state index in [2.05, 4.69) is 16.8 Å². The normalized spacial score (nSPS) is 35.5. The van der Waals surface area contributed by atoms with E-state index in [1.54, 1.807) is 6.92 Å². The van der Waals surface area contributed by atoms with Gasteiger partial charge in [-0.2, -0.15) is 0 Å². The van der Waals surface area contributed by atoms with Crippen molar-refractivity contribution >= 4 is 0 Å². The summed E-state index contributed by atoms with van der Waals surface area (Å²) >= 11 is 0. The number of aromatic nitrogens is 2. The summed E-state index contributed by atoms with van der Waals surface area (Å²) in [6, 6.07) is 1.24. The molecule has 134 valence electrons. The molecule has 3 heterocycles. The molecule has 0 bridgehead atoms. The second-order valence-corrected chi connectivity index (χ2v) is 6.65. The Kier molecular flexibility index (Phi) is 3.85. The molecule has 1 aliphatic carbocycles. The minimum Gasteiger partial charge on any atom is -0.394 e. The van der Waals surface area contributed by atoms with Gasteiger partial charge in [-0.05, 0) is 19.8 Å². The van der Waals surface area contributed by atoms with Gasteiger partial charge in [0.2, 0.25) is 5.60 Å². The minimum absolute atomic E-state index is 0.286. The molecule has 1 saturated carbocycles. The zero-order valence-corrected chi connectivity index (χ0v) is 13.9. The Balaban J connectivity index is 1.84. The molecule has 2 N–H and O–H groups in total. The van der Waals surface area contributed by atoms with Crippen LogP contribution in [0, 0.1) is 11.8 Å². The molecule has 8 heteroatoms. The van der Waals surface area contributed by atoms with E-state index >= 15 is 0 Å². The molecule has 4 atom stereocenters. The number of H-pyrrole nitrogens is 1.